The number of aryl methyl sites for hydroxylation is 1. The molecule has 3 rings (SSSR count). The predicted molar refractivity (Wildman–Crippen MR) is 85.3 cm³/mol. The van der Waals surface area contributed by atoms with E-state index < -0.39 is 0 Å². The van der Waals surface area contributed by atoms with Gasteiger partial charge in [0.2, 0.25) is 11.0 Å². The van der Waals surface area contributed by atoms with E-state index in [4.69, 9.17) is 4.52 Å². The van der Waals surface area contributed by atoms with Gasteiger partial charge in [-0.25, -0.2) is 9.78 Å². The largest absolute Gasteiger partial charge is 0.337 e. The normalized spacial score (nSPS) is 18.4. The first-order chi connectivity index (χ1) is 11.0. The van der Waals surface area contributed by atoms with Crippen LogP contribution in [0.1, 0.15) is 62.6 Å². The van der Waals surface area contributed by atoms with Crippen molar-refractivity contribution in [3.05, 3.63) is 17.5 Å². The van der Waals surface area contributed by atoms with Gasteiger partial charge in [0, 0.05) is 24.0 Å². The predicted octanol–water partition coefficient (Wildman–Crippen LogP) is 3.11. The van der Waals surface area contributed by atoms with Gasteiger partial charge >= 0.3 is 6.03 Å². The molecular formula is C14H20N6O2S. The number of hydrogen-bond donors (Lipinski definition) is 1. The first-order valence-corrected chi connectivity index (χ1v) is 8.53. The van der Waals surface area contributed by atoms with Crippen LogP contribution in [-0.4, -0.2) is 37.0 Å². The highest BCUT2D eigenvalue weighted by atomic mass is 32.1. The van der Waals surface area contributed by atoms with Crippen LogP contribution in [0.5, 0.6) is 0 Å². The molecule has 9 heteroatoms. The van der Waals surface area contributed by atoms with Crippen molar-refractivity contribution in [1.82, 2.24) is 24.4 Å². The number of carbonyl (C=O) groups is 1. The Morgan fingerprint density at radius 1 is 1.39 bits per heavy atom. The highest BCUT2D eigenvalue weighted by molar-refractivity contribution is 7.09. The number of nitrogens with zero attached hydrogens (tertiary/aromatic N) is 5. The van der Waals surface area contributed by atoms with Crippen molar-refractivity contribution < 1.29 is 9.32 Å². The summed E-state index contributed by atoms with van der Waals surface area (Å²) in [6.07, 6.45) is 2.82. The molecule has 1 atom stereocenters. The molecule has 0 unspecified atom stereocenters. The Labute approximate surface area is 138 Å². The Hall–Kier alpha value is -2.03. The molecule has 1 aliphatic heterocycles. The molecule has 0 spiro atoms. The van der Waals surface area contributed by atoms with Crippen LogP contribution in [-0.2, 0) is 0 Å². The third-order valence-corrected chi connectivity index (χ3v) is 4.49. The Morgan fingerprint density at radius 3 is 2.87 bits per heavy atom. The van der Waals surface area contributed by atoms with E-state index in [-0.39, 0.29) is 18.0 Å². The van der Waals surface area contributed by atoms with Crippen molar-refractivity contribution in [3.8, 4) is 0 Å². The zero-order chi connectivity index (χ0) is 16.4. The molecule has 23 heavy (non-hydrogen) atoms. The van der Waals surface area contributed by atoms with Gasteiger partial charge in [0.25, 0.3) is 0 Å². The summed E-state index contributed by atoms with van der Waals surface area (Å²) in [7, 11) is 0. The minimum atomic E-state index is -0.199. The van der Waals surface area contributed by atoms with Crippen LogP contribution in [0.4, 0.5) is 9.93 Å². The monoisotopic (exact) mass is 336 g/mol. The highest BCUT2D eigenvalue weighted by Crippen LogP contribution is 2.31. The van der Waals surface area contributed by atoms with E-state index in [1.165, 1.54) is 11.5 Å². The second-order valence-electron chi connectivity index (χ2n) is 5.93. The zero-order valence-electron chi connectivity index (χ0n) is 13.4. The van der Waals surface area contributed by atoms with Gasteiger partial charge in [0.05, 0.1) is 0 Å². The van der Waals surface area contributed by atoms with Crippen LogP contribution in [0, 0.1) is 6.92 Å². The lowest BCUT2D eigenvalue weighted by Gasteiger charge is -2.32. The first kappa shape index (κ1) is 15.9. The molecule has 2 aromatic rings. The topological polar surface area (TPSA) is 97.0 Å². The summed E-state index contributed by atoms with van der Waals surface area (Å²) in [5.41, 5.74) is 0. The molecule has 0 bridgehead atoms. The lowest BCUT2D eigenvalue weighted by atomic mass is 10.0. The molecule has 0 aromatic carbocycles. The molecular weight excluding hydrogens is 316 g/mol. The lowest BCUT2D eigenvalue weighted by molar-refractivity contribution is 0.142. The number of hydrogen-bond acceptors (Lipinski definition) is 7. The van der Waals surface area contributed by atoms with Gasteiger partial charge in [-0.1, -0.05) is 19.0 Å². The maximum atomic E-state index is 12.6. The van der Waals surface area contributed by atoms with E-state index in [2.05, 4.69) is 24.8 Å². The van der Waals surface area contributed by atoms with Gasteiger partial charge in [0.1, 0.15) is 11.9 Å². The van der Waals surface area contributed by atoms with Crippen molar-refractivity contribution in [1.29, 1.82) is 0 Å². The molecule has 124 valence electrons. The molecule has 0 radical (unpaired) electrons. The van der Waals surface area contributed by atoms with Crippen molar-refractivity contribution in [2.75, 3.05) is 11.9 Å². The van der Waals surface area contributed by atoms with Gasteiger partial charge in [-0.3, -0.25) is 5.32 Å². The number of carbonyl (C=O) groups excluding carboxylic acids is 1. The molecule has 1 aliphatic rings. The molecule has 8 nitrogen and oxygen atoms in total. The first-order valence-electron chi connectivity index (χ1n) is 7.76. The Kier molecular flexibility index (Phi) is 4.56. The number of likely N-dealkylation sites (tertiary alicyclic amines) is 1. The zero-order valence-corrected chi connectivity index (χ0v) is 14.3. The summed E-state index contributed by atoms with van der Waals surface area (Å²) in [6, 6.07) is -0.382. The smallest absolute Gasteiger partial charge is 0.324 e. The quantitative estimate of drug-likeness (QED) is 0.925. The lowest BCUT2D eigenvalue weighted by Crippen LogP contribution is -2.41. The number of anilines is 1. The molecule has 1 N–H and O–H groups in total. The summed E-state index contributed by atoms with van der Waals surface area (Å²) in [4.78, 5) is 22.9. The standard InChI is InChI=1S/C14H20N6O2S/c1-8(2)11-16-12(22-18-11)10-6-4-5-7-20(10)14(21)17-13-15-9(3)19-23-13/h8,10H,4-7H2,1-3H3,(H,15,17,19,21)/t10-/m0/s1. The van der Waals surface area contributed by atoms with Crippen molar-refractivity contribution >= 4 is 22.7 Å². The number of urea groups is 1. The fourth-order valence-electron chi connectivity index (χ4n) is 2.56. The Balaban J connectivity index is 1.76. The summed E-state index contributed by atoms with van der Waals surface area (Å²) >= 11 is 1.18. The van der Waals surface area contributed by atoms with Crippen molar-refractivity contribution in [2.24, 2.45) is 0 Å². The number of rotatable bonds is 3. The fourth-order valence-corrected chi connectivity index (χ4v) is 3.12. The molecule has 2 amide bonds. The van der Waals surface area contributed by atoms with Crippen molar-refractivity contribution in [2.45, 2.75) is 52.0 Å². The van der Waals surface area contributed by atoms with E-state index in [1.54, 1.807) is 11.8 Å². The Morgan fingerprint density at radius 2 is 2.22 bits per heavy atom. The SMILES string of the molecule is Cc1nsc(NC(=O)N2CCCC[C@H]2c2nc(C(C)C)no2)n1. The van der Waals surface area contributed by atoms with Crippen LogP contribution in [0.15, 0.2) is 4.52 Å². The number of amides is 2. The average Bonchev–Trinajstić information content (AvgIpc) is 3.16. The summed E-state index contributed by atoms with van der Waals surface area (Å²) in [6.45, 7) is 6.48. The van der Waals surface area contributed by atoms with Crippen LogP contribution in [0.25, 0.3) is 0 Å². The van der Waals surface area contributed by atoms with Gasteiger partial charge in [0.15, 0.2) is 5.82 Å². The molecule has 0 saturated carbocycles. The van der Waals surface area contributed by atoms with Gasteiger partial charge in [-0.2, -0.15) is 9.36 Å². The number of nitrogens with one attached hydrogen (secondary N) is 1. The molecule has 1 saturated heterocycles. The average molecular weight is 336 g/mol. The van der Waals surface area contributed by atoms with E-state index >= 15 is 0 Å². The molecule has 1 fully saturated rings. The van der Waals surface area contributed by atoms with Crippen LogP contribution in [0.2, 0.25) is 0 Å². The summed E-state index contributed by atoms with van der Waals surface area (Å²) in [5.74, 6) is 2.03. The fraction of sp³-hybridized carbons (Fsp3) is 0.643. The minimum absolute atomic E-state index is 0.183. The van der Waals surface area contributed by atoms with Gasteiger partial charge < -0.3 is 9.42 Å². The van der Waals surface area contributed by atoms with E-state index in [1.807, 2.05) is 13.8 Å². The van der Waals surface area contributed by atoms with Gasteiger partial charge in [-0.15, -0.1) is 0 Å². The second kappa shape index (κ2) is 6.61. The minimum Gasteiger partial charge on any atom is -0.337 e. The highest BCUT2D eigenvalue weighted by Gasteiger charge is 2.32. The van der Waals surface area contributed by atoms with Crippen LogP contribution in [0.3, 0.4) is 0 Å². The third-order valence-electron chi connectivity index (χ3n) is 3.76. The second-order valence-corrected chi connectivity index (χ2v) is 6.68. The number of aromatic nitrogens is 4. The van der Waals surface area contributed by atoms with Crippen LogP contribution >= 0.6 is 11.5 Å². The molecule has 0 aliphatic carbocycles. The maximum absolute atomic E-state index is 12.6. The van der Waals surface area contributed by atoms with Crippen molar-refractivity contribution in [3.63, 3.8) is 0 Å². The Bertz CT molecular complexity index is 682. The molecule has 3 heterocycles. The van der Waals surface area contributed by atoms with Gasteiger partial charge in [-0.05, 0) is 26.2 Å². The van der Waals surface area contributed by atoms with Crippen LogP contribution < -0.4 is 5.32 Å². The molecule has 2 aromatic heterocycles. The third kappa shape index (κ3) is 3.49. The number of piperidine rings is 1. The van der Waals surface area contributed by atoms with E-state index in [0.717, 1.165) is 19.3 Å². The summed E-state index contributed by atoms with van der Waals surface area (Å²) in [5, 5.41) is 7.32. The maximum Gasteiger partial charge on any atom is 0.324 e. The van der Waals surface area contributed by atoms with E-state index in [0.29, 0.717) is 29.2 Å². The van der Waals surface area contributed by atoms with E-state index in [9.17, 15) is 4.79 Å². The summed E-state index contributed by atoms with van der Waals surface area (Å²) < 4.78 is 9.46.